The Labute approximate surface area is 205 Å². The molecule has 1 aliphatic heterocycles. The minimum atomic E-state index is -0.110. The van der Waals surface area contributed by atoms with E-state index in [1.54, 1.807) is 18.0 Å². The molecule has 32 heavy (non-hydrogen) atoms. The van der Waals surface area contributed by atoms with Gasteiger partial charge in [0.1, 0.15) is 0 Å². The van der Waals surface area contributed by atoms with Gasteiger partial charge in [0.05, 0.1) is 17.1 Å². The molecule has 5 nitrogen and oxygen atoms in total. The summed E-state index contributed by atoms with van der Waals surface area (Å²) in [5.74, 6) is 0.530. The number of benzene rings is 3. The molecular formula is C24H19BrClN3O2S. The molecule has 4 aromatic rings. The van der Waals surface area contributed by atoms with Crippen LogP contribution >= 0.6 is 39.9 Å². The summed E-state index contributed by atoms with van der Waals surface area (Å²) >= 11 is 7.99. The van der Waals surface area contributed by atoms with Crippen LogP contribution in [0.1, 0.15) is 0 Å². The molecule has 0 saturated heterocycles. The lowest BCUT2D eigenvalue weighted by molar-refractivity contribution is -0.120. The van der Waals surface area contributed by atoms with E-state index in [1.165, 1.54) is 11.3 Å². The quantitative estimate of drug-likeness (QED) is 0.326. The number of hydrogen-bond acceptors (Lipinski definition) is 4. The summed E-state index contributed by atoms with van der Waals surface area (Å²) in [4.78, 5) is 19.4. The van der Waals surface area contributed by atoms with Crippen molar-refractivity contribution in [3.8, 4) is 22.7 Å². The van der Waals surface area contributed by atoms with Crippen molar-refractivity contribution in [1.29, 1.82) is 0 Å². The highest BCUT2D eigenvalue weighted by Crippen LogP contribution is 2.43. The van der Waals surface area contributed by atoms with Gasteiger partial charge in [-0.25, -0.2) is 4.99 Å². The Morgan fingerprint density at radius 2 is 1.72 bits per heavy atom. The molecule has 1 aliphatic rings. The minimum Gasteiger partial charge on any atom is -0.481 e. The van der Waals surface area contributed by atoms with E-state index in [0.29, 0.717) is 16.5 Å². The summed E-state index contributed by atoms with van der Waals surface area (Å²) in [5, 5.41) is 2.58. The summed E-state index contributed by atoms with van der Waals surface area (Å²) < 4.78 is 7.96. The monoisotopic (exact) mass is 527 g/mol. The van der Waals surface area contributed by atoms with Crippen molar-refractivity contribution in [2.75, 3.05) is 18.6 Å². The van der Waals surface area contributed by atoms with Gasteiger partial charge in [-0.15, -0.1) is 28.3 Å². The second kappa shape index (κ2) is 9.32. The van der Waals surface area contributed by atoms with Crippen molar-refractivity contribution < 1.29 is 9.53 Å². The lowest BCUT2D eigenvalue weighted by Gasteiger charge is -2.28. The van der Waals surface area contributed by atoms with E-state index in [1.807, 2.05) is 72.1 Å². The molecule has 0 radical (unpaired) electrons. The van der Waals surface area contributed by atoms with E-state index < -0.39 is 0 Å². The van der Waals surface area contributed by atoms with Gasteiger partial charge in [0.25, 0.3) is 5.91 Å². The number of nitrogens with zero attached hydrogens (tertiary/aromatic N) is 3. The molecule has 0 spiro atoms. The average Bonchev–Trinajstić information content (AvgIpc) is 3.20. The predicted molar refractivity (Wildman–Crippen MR) is 135 cm³/mol. The van der Waals surface area contributed by atoms with E-state index in [4.69, 9.17) is 21.3 Å². The van der Waals surface area contributed by atoms with Crippen LogP contribution in [0.2, 0.25) is 5.02 Å². The van der Waals surface area contributed by atoms with E-state index >= 15 is 0 Å². The highest BCUT2D eigenvalue weighted by molar-refractivity contribution is 8.93. The fourth-order valence-corrected chi connectivity index (χ4v) is 4.68. The van der Waals surface area contributed by atoms with Crippen LogP contribution in [-0.2, 0) is 4.79 Å². The number of para-hydroxylation sites is 2. The van der Waals surface area contributed by atoms with Gasteiger partial charge in [0.15, 0.2) is 17.2 Å². The fraction of sp³-hybridized carbons (Fsp3) is 0.0833. The number of fused-ring (bicyclic) bond motifs is 1. The van der Waals surface area contributed by atoms with Crippen molar-refractivity contribution in [1.82, 2.24) is 4.57 Å². The zero-order chi connectivity index (χ0) is 21.4. The Bertz CT molecular complexity index is 1340. The first-order chi connectivity index (χ1) is 15.1. The molecule has 0 atom stereocenters. The zero-order valence-corrected chi connectivity index (χ0v) is 20.4. The van der Waals surface area contributed by atoms with Gasteiger partial charge in [-0.05, 0) is 36.4 Å². The summed E-state index contributed by atoms with van der Waals surface area (Å²) in [5.41, 5.74) is 4.22. The maximum absolute atomic E-state index is 12.2. The number of amides is 1. The second-order valence-corrected chi connectivity index (χ2v) is 8.34. The van der Waals surface area contributed by atoms with Crippen LogP contribution in [0.3, 0.4) is 0 Å². The number of carbonyl (C=O) groups is 1. The van der Waals surface area contributed by atoms with Gasteiger partial charge in [-0.2, -0.15) is 0 Å². The van der Waals surface area contributed by atoms with Crippen LogP contribution < -0.4 is 14.4 Å². The topological polar surface area (TPSA) is 46.8 Å². The maximum atomic E-state index is 12.2. The third kappa shape index (κ3) is 4.11. The van der Waals surface area contributed by atoms with E-state index in [-0.39, 0.29) is 29.5 Å². The average molecular weight is 529 g/mol. The predicted octanol–water partition coefficient (Wildman–Crippen LogP) is 6.02. The van der Waals surface area contributed by atoms with Gasteiger partial charge < -0.3 is 9.64 Å². The van der Waals surface area contributed by atoms with Crippen molar-refractivity contribution in [2.24, 2.45) is 4.99 Å². The van der Waals surface area contributed by atoms with Gasteiger partial charge in [0.2, 0.25) is 0 Å². The molecule has 162 valence electrons. The van der Waals surface area contributed by atoms with Crippen molar-refractivity contribution in [2.45, 2.75) is 0 Å². The molecular weight excluding hydrogens is 510 g/mol. The van der Waals surface area contributed by atoms with Crippen LogP contribution in [0, 0.1) is 0 Å². The van der Waals surface area contributed by atoms with E-state index in [9.17, 15) is 4.79 Å². The molecule has 0 fully saturated rings. The van der Waals surface area contributed by atoms with Crippen LogP contribution in [0.25, 0.3) is 16.9 Å². The number of ether oxygens (including phenoxy) is 1. The Morgan fingerprint density at radius 1 is 1.03 bits per heavy atom. The number of anilines is 1. The SMILES string of the molecule is Br.CN1C(=O)COc2c(-c3csc(=Nc4ccccc4)n3-c3ccccc3)cc(Cl)cc21. The Kier molecular flexibility index (Phi) is 6.50. The first-order valence-corrected chi connectivity index (χ1v) is 11.0. The van der Waals surface area contributed by atoms with Gasteiger partial charge >= 0.3 is 0 Å². The maximum Gasteiger partial charge on any atom is 0.264 e. The summed E-state index contributed by atoms with van der Waals surface area (Å²) in [7, 11) is 1.73. The van der Waals surface area contributed by atoms with Crippen molar-refractivity contribution >= 4 is 57.2 Å². The molecule has 0 unspecified atom stereocenters. The molecule has 0 N–H and O–H groups in total. The first kappa shape index (κ1) is 22.3. The van der Waals surface area contributed by atoms with Crippen molar-refractivity contribution in [3.05, 3.63) is 88.0 Å². The number of thiazole rings is 1. The number of aromatic nitrogens is 1. The molecule has 0 aliphatic carbocycles. The summed E-state index contributed by atoms with van der Waals surface area (Å²) in [6.45, 7) is -0.00511. The third-order valence-electron chi connectivity index (χ3n) is 5.09. The molecule has 5 rings (SSSR count). The Balaban J connectivity index is 0.00000245. The van der Waals surface area contributed by atoms with Crippen LogP contribution in [0.4, 0.5) is 11.4 Å². The van der Waals surface area contributed by atoms with Crippen molar-refractivity contribution in [3.63, 3.8) is 0 Å². The second-order valence-electron chi connectivity index (χ2n) is 7.06. The van der Waals surface area contributed by atoms with Crippen LogP contribution in [0.5, 0.6) is 5.75 Å². The lowest BCUT2D eigenvalue weighted by atomic mass is 10.1. The standard InChI is InChI=1S/C24H18ClN3O2S.BrH/c1-27-20-13-16(25)12-19(23(20)30-14-22(27)29)21-15-31-24(26-17-8-4-2-5-9-17)28(21)18-10-6-3-7-11-18;/h2-13,15H,14H2,1H3;1H. The lowest BCUT2D eigenvalue weighted by Crippen LogP contribution is -2.35. The molecule has 1 amide bonds. The van der Waals surface area contributed by atoms with Gasteiger partial charge in [-0.3, -0.25) is 9.36 Å². The van der Waals surface area contributed by atoms with Gasteiger partial charge in [0, 0.05) is 28.7 Å². The number of rotatable bonds is 3. The molecule has 1 aromatic heterocycles. The highest BCUT2D eigenvalue weighted by atomic mass is 79.9. The normalized spacial score (nSPS) is 13.4. The first-order valence-electron chi connectivity index (χ1n) is 9.71. The Morgan fingerprint density at radius 3 is 2.44 bits per heavy atom. The molecule has 2 heterocycles. The number of halogens is 2. The highest BCUT2D eigenvalue weighted by Gasteiger charge is 2.27. The largest absolute Gasteiger partial charge is 0.481 e. The van der Waals surface area contributed by atoms with Crippen LogP contribution in [-0.4, -0.2) is 24.1 Å². The summed E-state index contributed by atoms with van der Waals surface area (Å²) in [6.07, 6.45) is 0. The van der Waals surface area contributed by atoms with E-state index in [2.05, 4.69) is 4.57 Å². The van der Waals surface area contributed by atoms with Gasteiger partial charge in [-0.1, -0.05) is 48.0 Å². The van der Waals surface area contributed by atoms with E-state index in [0.717, 1.165) is 27.4 Å². The number of carbonyl (C=O) groups excluding carboxylic acids is 1. The zero-order valence-electron chi connectivity index (χ0n) is 17.1. The minimum absolute atomic E-state index is 0. The third-order valence-corrected chi connectivity index (χ3v) is 6.13. The Hall–Kier alpha value is -2.87. The smallest absolute Gasteiger partial charge is 0.264 e. The molecule has 0 bridgehead atoms. The summed E-state index contributed by atoms with van der Waals surface area (Å²) in [6, 6.07) is 23.5. The number of likely N-dealkylation sites (N-methyl/N-ethyl adjacent to an activating group) is 1. The number of hydrogen-bond donors (Lipinski definition) is 0. The molecule has 3 aromatic carbocycles. The molecule has 0 saturated carbocycles. The van der Waals surface area contributed by atoms with Crippen LogP contribution in [0.15, 0.2) is 83.2 Å². The fourth-order valence-electron chi connectivity index (χ4n) is 3.55. The molecule has 8 heteroatoms.